The minimum atomic E-state index is -0.189. The Bertz CT molecular complexity index is 898. The summed E-state index contributed by atoms with van der Waals surface area (Å²) in [6.45, 7) is 2.48. The molecule has 4 heteroatoms. The molecule has 1 aromatic heterocycles. The SMILES string of the molecule is CCn1c(=O)c(NC(=O)Cc2ccccc2)cc2ccccc21. The minimum Gasteiger partial charge on any atom is -0.321 e. The molecule has 0 spiro atoms. The van der Waals surface area contributed by atoms with E-state index in [2.05, 4.69) is 5.32 Å². The lowest BCUT2D eigenvalue weighted by molar-refractivity contribution is -0.115. The summed E-state index contributed by atoms with van der Waals surface area (Å²) in [4.78, 5) is 24.8. The summed E-state index contributed by atoms with van der Waals surface area (Å²) < 4.78 is 1.67. The van der Waals surface area contributed by atoms with Crippen molar-refractivity contribution in [3.8, 4) is 0 Å². The number of pyridine rings is 1. The fourth-order valence-electron chi connectivity index (χ4n) is 2.71. The van der Waals surface area contributed by atoms with E-state index in [1.54, 1.807) is 10.6 Å². The number of aryl methyl sites for hydroxylation is 1. The van der Waals surface area contributed by atoms with E-state index in [-0.39, 0.29) is 17.9 Å². The Morgan fingerprint density at radius 2 is 1.74 bits per heavy atom. The molecule has 0 aliphatic heterocycles. The van der Waals surface area contributed by atoms with Gasteiger partial charge in [-0.2, -0.15) is 0 Å². The van der Waals surface area contributed by atoms with Crippen molar-refractivity contribution in [3.63, 3.8) is 0 Å². The zero-order chi connectivity index (χ0) is 16.2. The number of hydrogen-bond acceptors (Lipinski definition) is 2. The van der Waals surface area contributed by atoms with E-state index in [4.69, 9.17) is 0 Å². The zero-order valence-corrected chi connectivity index (χ0v) is 13.0. The third kappa shape index (κ3) is 3.16. The van der Waals surface area contributed by atoms with Crippen LogP contribution in [0.5, 0.6) is 0 Å². The lowest BCUT2D eigenvalue weighted by Gasteiger charge is -2.12. The third-order valence-electron chi connectivity index (χ3n) is 3.80. The van der Waals surface area contributed by atoms with E-state index in [9.17, 15) is 9.59 Å². The molecule has 1 heterocycles. The summed E-state index contributed by atoms with van der Waals surface area (Å²) in [5, 5.41) is 3.69. The Labute approximate surface area is 134 Å². The summed E-state index contributed by atoms with van der Waals surface area (Å²) in [5.41, 5.74) is 1.95. The average molecular weight is 306 g/mol. The van der Waals surface area contributed by atoms with E-state index in [1.165, 1.54) is 0 Å². The van der Waals surface area contributed by atoms with E-state index in [1.807, 2.05) is 61.5 Å². The first kappa shape index (κ1) is 15.0. The number of fused-ring (bicyclic) bond motifs is 1. The molecule has 116 valence electrons. The standard InChI is InChI=1S/C19H18N2O2/c1-2-21-17-11-7-6-10-15(17)13-16(19(21)23)20-18(22)12-14-8-4-3-5-9-14/h3-11,13H,2,12H2,1H3,(H,20,22). The van der Waals surface area contributed by atoms with Crippen LogP contribution in [0.3, 0.4) is 0 Å². The van der Waals surface area contributed by atoms with Crippen molar-refractivity contribution in [2.45, 2.75) is 19.9 Å². The molecule has 3 rings (SSSR count). The maximum Gasteiger partial charge on any atom is 0.274 e. The van der Waals surface area contributed by atoms with Gasteiger partial charge in [0.05, 0.1) is 11.9 Å². The molecule has 0 atom stereocenters. The topological polar surface area (TPSA) is 51.1 Å². The zero-order valence-electron chi connectivity index (χ0n) is 13.0. The summed E-state index contributed by atoms with van der Waals surface area (Å²) in [6, 6.07) is 18.9. The molecular weight excluding hydrogens is 288 g/mol. The summed E-state index contributed by atoms with van der Waals surface area (Å²) in [6.07, 6.45) is 0.249. The van der Waals surface area contributed by atoms with Crippen LogP contribution < -0.4 is 10.9 Å². The quantitative estimate of drug-likeness (QED) is 0.804. The van der Waals surface area contributed by atoms with Crippen molar-refractivity contribution in [3.05, 3.63) is 76.6 Å². The van der Waals surface area contributed by atoms with Crippen LogP contribution in [0, 0.1) is 0 Å². The molecule has 1 amide bonds. The highest BCUT2D eigenvalue weighted by Crippen LogP contribution is 2.16. The van der Waals surface area contributed by atoms with Gasteiger partial charge in [0, 0.05) is 11.9 Å². The summed E-state index contributed by atoms with van der Waals surface area (Å²) in [7, 11) is 0. The van der Waals surface area contributed by atoms with Crippen molar-refractivity contribution in [2.24, 2.45) is 0 Å². The summed E-state index contributed by atoms with van der Waals surface area (Å²) in [5.74, 6) is -0.189. The van der Waals surface area contributed by atoms with Gasteiger partial charge in [-0.3, -0.25) is 9.59 Å². The maximum atomic E-state index is 12.6. The number of nitrogens with zero attached hydrogens (tertiary/aromatic N) is 1. The van der Waals surface area contributed by atoms with Crippen LogP contribution >= 0.6 is 0 Å². The lowest BCUT2D eigenvalue weighted by atomic mass is 10.1. The molecule has 0 bridgehead atoms. The predicted octanol–water partition coefficient (Wildman–Crippen LogP) is 3.20. The van der Waals surface area contributed by atoms with Gasteiger partial charge in [-0.25, -0.2) is 0 Å². The van der Waals surface area contributed by atoms with Gasteiger partial charge in [-0.1, -0.05) is 48.5 Å². The number of carbonyl (C=O) groups is 1. The van der Waals surface area contributed by atoms with Crippen molar-refractivity contribution in [2.75, 3.05) is 5.32 Å². The van der Waals surface area contributed by atoms with Crippen molar-refractivity contribution in [1.82, 2.24) is 4.57 Å². The molecular formula is C19H18N2O2. The van der Waals surface area contributed by atoms with Crippen molar-refractivity contribution in [1.29, 1.82) is 0 Å². The largest absolute Gasteiger partial charge is 0.321 e. The molecule has 4 nitrogen and oxygen atoms in total. The van der Waals surface area contributed by atoms with Crippen LogP contribution in [-0.4, -0.2) is 10.5 Å². The number of rotatable bonds is 4. The average Bonchev–Trinajstić information content (AvgIpc) is 2.56. The van der Waals surface area contributed by atoms with E-state index in [0.29, 0.717) is 12.2 Å². The Morgan fingerprint density at radius 1 is 1.04 bits per heavy atom. The number of carbonyl (C=O) groups excluding carboxylic acids is 1. The highest BCUT2D eigenvalue weighted by atomic mass is 16.2. The van der Waals surface area contributed by atoms with E-state index in [0.717, 1.165) is 16.5 Å². The number of nitrogens with one attached hydrogen (secondary N) is 1. The van der Waals surface area contributed by atoms with Crippen molar-refractivity contribution >= 4 is 22.5 Å². The second-order valence-corrected chi connectivity index (χ2v) is 5.38. The number of benzene rings is 2. The molecule has 0 saturated heterocycles. The first-order chi connectivity index (χ1) is 11.2. The normalized spacial score (nSPS) is 10.7. The van der Waals surface area contributed by atoms with Crippen LogP contribution in [0.1, 0.15) is 12.5 Å². The van der Waals surface area contributed by atoms with Gasteiger partial charge in [0.2, 0.25) is 5.91 Å². The van der Waals surface area contributed by atoms with Crippen LogP contribution in [0.15, 0.2) is 65.5 Å². The first-order valence-electron chi connectivity index (χ1n) is 7.65. The molecule has 0 aliphatic rings. The highest BCUT2D eigenvalue weighted by Gasteiger charge is 2.11. The monoisotopic (exact) mass is 306 g/mol. The molecule has 0 unspecified atom stereocenters. The van der Waals surface area contributed by atoms with Crippen LogP contribution in [-0.2, 0) is 17.8 Å². The predicted molar refractivity (Wildman–Crippen MR) is 92.7 cm³/mol. The lowest BCUT2D eigenvalue weighted by Crippen LogP contribution is -2.26. The molecule has 0 aliphatic carbocycles. The Hall–Kier alpha value is -2.88. The second-order valence-electron chi connectivity index (χ2n) is 5.38. The van der Waals surface area contributed by atoms with E-state index < -0.39 is 0 Å². The molecule has 0 radical (unpaired) electrons. The fraction of sp³-hybridized carbons (Fsp3) is 0.158. The molecule has 0 saturated carbocycles. The number of anilines is 1. The number of para-hydroxylation sites is 1. The molecule has 2 aromatic carbocycles. The molecule has 1 N–H and O–H groups in total. The number of hydrogen-bond donors (Lipinski definition) is 1. The van der Waals surface area contributed by atoms with Gasteiger partial charge in [0.1, 0.15) is 5.69 Å². The van der Waals surface area contributed by atoms with Crippen LogP contribution in [0.2, 0.25) is 0 Å². The highest BCUT2D eigenvalue weighted by molar-refractivity contribution is 5.94. The Balaban J connectivity index is 1.92. The van der Waals surface area contributed by atoms with Crippen LogP contribution in [0.4, 0.5) is 5.69 Å². The number of amides is 1. The second kappa shape index (κ2) is 6.48. The fourth-order valence-corrected chi connectivity index (χ4v) is 2.71. The van der Waals surface area contributed by atoms with Gasteiger partial charge in [-0.15, -0.1) is 0 Å². The van der Waals surface area contributed by atoms with Gasteiger partial charge in [0.25, 0.3) is 5.56 Å². The number of aromatic nitrogens is 1. The van der Waals surface area contributed by atoms with Gasteiger partial charge >= 0.3 is 0 Å². The third-order valence-corrected chi connectivity index (χ3v) is 3.80. The smallest absolute Gasteiger partial charge is 0.274 e. The minimum absolute atomic E-state index is 0.174. The Kier molecular flexibility index (Phi) is 4.24. The summed E-state index contributed by atoms with van der Waals surface area (Å²) >= 11 is 0. The van der Waals surface area contributed by atoms with Crippen molar-refractivity contribution < 1.29 is 4.79 Å². The molecule has 23 heavy (non-hydrogen) atoms. The van der Waals surface area contributed by atoms with Gasteiger partial charge < -0.3 is 9.88 Å². The maximum absolute atomic E-state index is 12.6. The Morgan fingerprint density at radius 3 is 2.48 bits per heavy atom. The van der Waals surface area contributed by atoms with Gasteiger partial charge in [0.15, 0.2) is 0 Å². The van der Waals surface area contributed by atoms with E-state index >= 15 is 0 Å². The first-order valence-corrected chi connectivity index (χ1v) is 7.65. The van der Waals surface area contributed by atoms with Crippen LogP contribution in [0.25, 0.3) is 10.9 Å². The molecule has 3 aromatic rings. The van der Waals surface area contributed by atoms with Gasteiger partial charge in [-0.05, 0) is 24.6 Å². The molecule has 0 fully saturated rings.